The minimum Gasteiger partial charge on any atom is -0.274 e. The van der Waals surface area contributed by atoms with Gasteiger partial charge in [0.15, 0.2) is 11.3 Å². The van der Waals surface area contributed by atoms with Gasteiger partial charge in [-0.25, -0.2) is 17.4 Å². The van der Waals surface area contributed by atoms with Crippen LogP contribution in [0.4, 0.5) is 0 Å². The number of nitrogens with zero attached hydrogens (tertiary/aromatic N) is 6. The molecule has 1 N–H and O–H groups in total. The molecule has 4 fully saturated rings. The largest absolute Gasteiger partial charge is 0.279 e. The Hall–Kier alpha value is -2.87. The van der Waals surface area contributed by atoms with Crippen LogP contribution < -0.4 is 4.72 Å². The highest BCUT2D eigenvalue weighted by atomic mass is 32.2. The van der Waals surface area contributed by atoms with Crippen LogP contribution >= 0.6 is 0 Å². The van der Waals surface area contributed by atoms with E-state index in [1.807, 2.05) is 11.3 Å². The highest BCUT2D eigenvalue weighted by Crippen LogP contribution is 2.53. The van der Waals surface area contributed by atoms with E-state index in [4.69, 9.17) is 0 Å². The average Bonchev–Trinajstić information content (AvgIpc) is 3.48. The van der Waals surface area contributed by atoms with Crippen molar-refractivity contribution < 1.29 is 16.8 Å². The van der Waals surface area contributed by atoms with E-state index >= 15 is 0 Å². The second-order valence-corrected chi connectivity index (χ2v) is 14.5. The highest BCUT2D eigenvalue weighted by Gasteiger charge is 2.53. The van der Waals surface area contributed by atoms with Crippen molar-refractivity contribution in [1.82, 2.24) is 32.6 Å². The average molecular weight is 556 g/mol. The third-order valence-corrected chi connectivity index (χ3v) is 12.3. The van der Waals surface area contributed by atoms with Crippen molar-refractivity contribution in [1.29, 1.82) is 0 Å². The van der Waals surface area contributed by atoms with Gasteiger partial charge in [-0.1, -0.05) is 17.7 Å². The summed E-state index contributed by atoms with van der Waals surface area (Å²) >= 11 is 0. The van der Waals surface area contributed by atoms with Gasteiger partial charge in [-0.05, 0) is 70.1 Å². The standard InChI is InChI=1S/C25H29N7O4S2/c1-18-3-5-19(6-4-18)37(33,34)31-16-7-20-22(31)26-17-21-27-28-23(32(20)21)24-8-11-25(12-9-24,13-10-24)29-38(35,36)30-14-2-15-30/h3-7,16-17,29H,2,8-15H2,1H3. The van der Waals surface area contributed by atoms with Gasteiger partial charge in [0.1, 0.15) is 5.82 Å². The van der Waals surface area contributed by atoms with Crippen molar-refractivity contribution in [2.24, 2.45) is 0 Å². The molecule has 38 heavy (non-hydrogen) atoms. The van der Waals surface area contributed by atoms with Crippen molar-refractivity contribution >= 4 is 37.0 Å². The first-order valence-corrected chi connectivity index (χ1v) is 15.8. The Kier molecular flexibility index (Phi) is 5.14. The molecule has 1 saturated heterocycles. The monoisotopic (exact) mass is 555 g/mol. The summed E-state index contributed by atoms with van der Waals surface area (Å²) in [5.41, 5.74) is 1.82. The zero-order valence-electron chi connectivity index (χ0n) is 21.0. The maximum atomic E-state index is 13.5. The van der Waals surface area contributed by atoms with Gasteiger partial charge in [-0.2, -0.15) is 17.4 Å². The van der Waals surface area contributed by atoms with Crippen molar-refractivity contribution in [2.75, 3.05) is 13.1 Å². The maximum absolute atomic E-state index is 13.5. The first kappa shape index (κ1) is 24.2. The molecule has 1 aromatic carbocycles. The number of nitrogens with one attached hydrogen (secondary N) is 1. The summed E-state index contributed by atoms with van der Waals surface area (Å²) in [6.45, 7) is 3.09. The van der Waals surface area contributed by atoms with E-state index in [9.17, 15) is 16.8 Å². The van der Waals surface area contributed by atoms with E-state index in [0.717, 1.165) is 56.3 Å². The third-order valence-electron chi connectivity index (χ3n) is 8.84. The molecule has 0 unspecified atom stereocenters. The Labute approximate surface area is 221 Å². The molecule has 3 saturated carbocycles. The zero-order chi connectivity index (χ0) is 26.3. The van der Waals surface area contributed by atoms with E-state index in [0.29, 0.717) is 29.9 Å². The molecule has 11 nitrogen and oxygen atoms in total. The van der Waals surface area contributed by atoms with Gasteiger partial charge in [0.2, 0.25) is 0 Å². The molecule has 0 spiro atoms. The van der Waals surface area contributed by atoms with Crippen LogP contribution in [0.15, 0.2) is 47.6 Å². The van der Waals surface area contributed by atoms with Crippen molar-refractivity contribution in [3.8, 4) is 0 Å². The Bertz CT molecular complexity index is 1760. The molecule has 0 amide bonds. The number of hydrogen-bond donors (Lipinski definition) is 1. The van der Waals surface area contributed by atoms with Gasteiger partial charge < -0.3 is 0 Å². The molecular weight excluding hydrogens is 526 g/mol. The Morgan fingerprint density at radius 1 is 0.895 bits per heavy atom. The third kappa shape index (κ3) is 3.48. The fraction of sp³-hybridized carbons (Fsp3) is 0.480. The van der Waals surface area contributed by atoms with Crippen LogP contribution in [0.3, 0.4) is 0 Å². The second kappa shape index (κ2) is 8.07. The number of aryl methyl sites for hydroxylation is 1. The molecule has 13 heteroatoms. The number of aromatic nitrogens is 5. The van der Waals surface area contributed by atoms with E-state index in [1.165, 1.54) is 14.5 Å². The molecule has 4 aromatic rings. The topological polar surface area (TPSA) is 132 Å². The number of rotatable bonds is 6. The molecule has 0 radical (unpaired) electrons. The first-order valence-electron chi connectivity index (χ1n) is 13.0. The minimum absolute atomic E-state index is 0.196. The molecule has 2 bridgehead atoms. The molecule has 1 aliphatic heterocycles. The van der Waals surface area contributed by atoms with Gasteiger partial charge in [0.05, 0.1) is 16.6 Å². The highest BCUT2D eigenvalue weighted by molar-refractivity contribution is 7.90. The molecule has 8 rings (SSSR count). The predicted molar refractivity (Wildman–Crippen MR) is 140 cm³/mol. The van der Waals surface area contributed by atoms with Crippen molar-refractivity contribution in [3.05, 3.63) is 54.1 Å². The normalized spacial score (nSPS) is 26.2. The SMILES string of the molecule is Cc1ccc(S(=O)(=O)n2ccc3c2ncc2nnc(C45CCC(NS(=O)(=O)N6CCC6)(CC4)CC5)n23)cc1. The lowest BCUT2D eigenvalue weighted by Crippen LogP contribution is -2.61. The Morgan fingerprint density at radius 3 is 2.21 bits per heavy atom. The van der Waals surface area contributed by atoms with Crippen LogP contribution in [0.5, 0.6) is 0 Å². The van der Waals surface area contributed by atoms with Crippen molar-refractivity contribution in [3.63, 3.8) is 0 Å². The van der Waals surface area contributed by atoms with Crippen LogP contribution in [0.25, 0.3) is 16.8 Å². The summed E-state index contributed by atoms with van der Waals surface area (Å²) in [4.78, 5) is 4.65. The Balaban J connectivity index is 1.25. The zero-order valence-corrected chi connectivity index (χ0v) is 22.7. The lowest BCUT2D eigenvalue weighted by molar-refractivity contribution is 0.0860. The van der Waals surface area contributed by atoms with Gasteiger partial charge in [-0.15, -0.1) is 10.2 Å². The van der Waals surface area contributed by atoms with Crippen LogP contribution in [-0.4, -0.2) is 63.3 Å². The van der Waals surface area contributed by atoms with Crippen molar-refractivity contribution in [2.45, 2.75) is 67.7 Å². The van der Waals surface area contributed by atoms with Gasteiger partial charge in [-0.3, -0.25) is 4.40 Å². The summed E-state index contributed by atoms with van der Waals surface area (Å²) in [6, 6.07) is 8.51. The van der Waals surface area contributed by atoms with Crippen LogP contribution in [-0.2, 0) is 25.6 Å². The summed E-state index contributed by atoms with van der Waals surface area (Å²) in [5.74, 6) is 0.796. The van der Waals surface area contributed by atoms with Crippen LogP contribution in [0.1, 0.15) is 56.3 Å². The number of benzene rings is 1. The smallest absolute Gasteiger partial charge is 0.274 e. The fourth-order valence-corrected chi connectivity index (χ4v) is 9.35. The van der Waals surface area contributed by atoms with E-state index in [1.54, 1.807) is 36.5 Å². The van der Waals surface area contributed by atoms with Gasteiger partial charge >= 0.3 is 0 Å². The second-order valence-electron chi connectivity index (χ2n) is 11.0. The van der Waals surface area contributed by atoms with E-state index < -0.39 is 25.8 Å². The summed E-state index contributed by atoms with van der Waals surface area (Å²) < 4.78 is 60.3. The lowest BCUT2D eigenvalue weighted by Gasteiger charge is -2.53. The fourth-order valence-electron chi connectivity index (χ4n) is 6.33. The lowest BCUT2D eigenvalue weighted by atomic mass is 9.57. The summed E-state index contributed by atoms with van der Waals surface area (Å²) in [6.07, 6.45) is 8.53. The molecule has 200 valence electrons. The molecule has 3 aliphatic carbocycles. The van der Waals surface area contributed by atoms with Crippen LogP contribution in [0, 0.1) is 6.92 Å². The van der Waals surface area contributed by atoms with Gasteiger partial charge in [0.25, 0.3) is 20.2 Å². The number of hydrogen-bond acceptors (Lipinski definition) is 7. The predicted octanol–water partition coefficient (Wildman–Crippen LogP) is 2.51. The van der Waals surface area contributed by atoms with Gasteiger partial charge in [0, 0.05) is 30.2 Å². The quantitative estimate of drug-likeness (QED) is 0.387. The molecule has 4 aliphatic rings. The van der Waals surface area contributed by atoms with E-state index in [-0.39, 0.29) is 10.3 Å². The van der Waals surface area contributed by atoms with Crippen LogP contribution in [0.2, 0.25) is 0 Å². The Morgan fingerprint density at radius 2 is 1.58 bits per heavy atom. The molecular formula is C25H29N7O4S2. The minimum atomic E-state index is -3.84. The first-order chi connectivity index (χ1) is 18.1. The maximum Gasteiger partial charge on any atom is 0.279 e. The molecule has 0 atom stereocenters. The van der Waals surface area contributed by atoms with E-state index in [2.05, 4.69) is 19.9 Å². The summed E-state index contributed by atoms with van der Waals surface area (Å²) in [5, 5.41) is 8.98. The molecule has 4 heterocycles. The summed E-state index contributed by atoms with van der Waals surface area (Å²) in [7, 11) is -7.30. The molecule has 3 aromatic heterocycles. The number of fused-ring (bicyclic) bond motifs is 6.